The summed E-state index contributed by atoms with van der Waals surface area (Å²) in [5.41, 5.74) is 0. The molecule has 1 saturated carbocycles. The molecule has 0 amide bonds. The summed E-state index contributed by atoms with van der Waals surface area (Å²) in [5.74, 6) is -0.819. The van der Waals surface area contributed by atoms with Crippen LogP contribution in [0.15, 0.2) is 18.2 Å². The Balaban J connectivity index is 1.63. The molecule has 106 valence electrons. The summed E-state index contributed by atoms with van der Waals surface area (Å²) in [6, 6.07) is 3.74. The van der Waals surface area contributed by atoms with Gasteiger partial charge in [0, 0.05) is 6.54 Å². The van der Waals surface area contributed by atoms with Gasteiger partial charge < -0.3 is 10.1 Å². The van der Waals surface area contributed by atoms with Crippen molar-refractivity contribution in [2.45, 2.75) is 32.1 Å². The highest BCUT2D eigenvalue weighted by atomic mass is 19.1. The lowest BCUT2D eigenvalue weighted by Crippen LogP contribution is -2.28. The van der Waals surface area contributed by atoms with E-state index in [0.717, 1.165) is 12.5 Å². The summed E-state index contributed by atoms with van der Waals surface area (Å²) < 4.78 is 31.7. The van der Waals surface area contributed by atoms with E-state index in [1.807, 2.05) is 0 Å². The third kappa shape index (κ3) is 4.46. The number of nitrogens with one attached hydrogen (secondary N) is 1. The van der Waals surface area contributed by atoms with E-state index < -0.39 is 11.6 Å². The van der Waals surface area contributed by atoms with Gasteiger partial charge in [-0.05, 0) is 37.4 Å². The Morgan fingerprint density at radius 1 is 1.11 bits per heavy atom. The second kappa shape index (κ2) is 7.43. The largest absolute Gasteiger partial charge is 0.486 e. The average molecular weight is 269 g/mol. The summed E-state index contributed by atoms with van der Waals surface area (Å²) in [6.07, 6.45) is 6.57. The van der Waals surface area contributed by atoms with E-state index >= 15 is 0 Å². The van der Waals surface area contributed by atoms with Crippen molar-refractivity contribution < 1.29 is 13.5 Å². The van der Waals surface area contributed by atoms with Gasteiger partial charge in [-0.15, -0.1) is 0 Å². The van der Waals surface area contributed by atoms with Crippen molar-refractivity contribution in [3.63, 3.8) is 0 Å². The van der Waals surface area contributed by atoms with Crippen molar-refractivity contribution >= 4 is 0 Å². The molecular weight excluding hydrogens is 248 g/mol. The molecule has 1 aromatic rings. The van der Waals surface area contributed by atoms with Gasteiger partial charge >= 0.3 is 0 Å². The molecule has 0 saturated heterocycles. The first kappa shape index (κ1) is 14.3. The van der Waals surface area contributed by atoms with Gasteiger partial charge in [0.15, 0.2) is 17.4 Å². The second-order valence-corrected chi connectivity index (χ2v) is 5.11. The van der Waals surface area contributed by atoms with Crippen LogP contribution in [-0.2, 0) is 0 Å². The number of halogens is 2. The highest BCUT2D eigenvalue weighted by Gasteiger charge is 2.13. The topological polar surface area (TPSA) is 21.3 Å². The van der Waals surface area contributed by atoms with E-state index in [0.29, 0.717) is 6.54 Å². The minimum atomic E-state index is -0.646. The van der Waals surface area contributed by atoms with E-state index in [1.165, 1.54) is 50.3 Å². The Kier molecular flexibility index (Phi) is 5.58. The van der Waals surface area contributed by atoms with Crippen LogP contribution in [0, 0.1) is 17.6 Å². The maximum atomic E-state index is 13.3. The van der Waals surface area contributed by atoms with E-state index in [9.17, 15) is 8.78 Å². The van der Waals surface area contributed by atoms with E-state index in [-0.39, 0.29) is 12.4 Å². The molecule has 0 radical (unpaired) electrons. The average Bonchev–Trinajstić information content (AvgIpc) is 2.42. The quantitative estimate of drug-likeness (QED) is 0.798. The van der Waals surface area contributed by atoms with Crippen LogP contribution < -0.4 is 10.1 Å². The lowest BCUT2D eigenvalue weighted by Gasteiger charge is -2.21. The van der Waals surface area contributed by atoms with Crippen molar-refractivity contribution in [3.05, 3.63) is 29.8 Å². The number of para-hydroxylation sites is 1. The molecule has 0 aliphatic heterocycles. The van der Waals surface area contributed by atoms with Crippen molar-refractivity contribution in [2.24, 2.45) is 5.92 Å². The fourth-order valence-corrected chi connectivity index (χ4v) is 2.54. The summed E-state index contributed by atoms with van der Waals surface area (Å²) in [7, 11) is 0. The first-order valence-corrected chi connectivity index (χ1v) is 7.05. The van der Waals surface area contributed by atoms with Gasteiger partial charge in [0.2, 0.25) is 0 Å². The maximum absolute atomic E-state index is 13.3. The molecule has 0 bridgehead atoms. The Bertz CT molecular complexity index is 371. The smallest absolute Gasteiger partial charge is 0.190 e. The molecular formula is C15H21F2NO. The number of hydrogen-bond donors (Lipinski definition) is 1. The summed E-state index contributed by atoms with van der Waals surface area (Å²) in [5, 5.41) is 3.29. The summed E-state index contributed by atoms with van der Waals surface area (Å²) in [4.78, 5) is 0. The molecule has 1 aliphatic rings. The molecule has 2 nitrogen and oxygen atoms in total. The molecule has 19 heavy (non-hydrogen) atoms. The number of hydrogen-bond acceptors (Lipinski definition) is 2. The zero-order chi connectivity index (χ0) is 13.5. The SMILES string of the molecule is Fc1cccc(F)c1OCCNCC1CCCCC1. The van der Waals surface area contributed by atoms with Gasteiger partial charge in [-0.3, -0.25) is 0 Å². The van der Waals surface area contributed by atoms with Gasteiger partial charge in [-0.25, -0.2) is 8.78 Å². The molecule has 2 rings (SSSR count). The van der Waals surface area contributed by atoms with Crippen LogP contribution >= 0.6 is 0 Å². The Morgan fingerprint density at radius 2 is 1.79 bits per heavy atom. The zero-order valence-corrected chi connectivity index (χ0v) is 11.1. The molecule has 0 unspecified atom stereocenters. The van der Waals surface area contributed by atoms with Gasteiger partial charge in [0.25, 0.3) is 0 Å². The van der Waals surface area contributed by atoms with Crippen LogP contribution in [0.5, 0.6) is 5.75 Å². The molecule has 0 heterocycles. The third-order valence-corrected chi connectivity index (χ3v) is 3.60. The summed E-state index contributed by atoms with van der Waals surface area (Å²) >= 11 is 0. The number of benzene rings is 1. The first-order valence-electron chi connectivity index (χ1n) is 7.05. The molecule has 4 heteroatoms. The standard InChI is InChI=1S/C15H21F2NO/c16-13-7-4-8-14(17)15(13)19-10-9-18-11-12-5-2-1-3-6-12/h4,7-8,12,18H,1-3,5-6,9-11H2. The molecule has 0 spiro atoms. The minimum Gasteiger partial charge on any atom is -0.486 e. The highest BCUT2D eigenvalue weighted by molar-refractivity contribution is 5.25. The molecule has 0 atom stereocenters. The Hall–Kier alpha value is -1.16. The predicted octanol–water partition coefficient (Wildman–Crippen LogP) is 3.51. The first-order chi connectivity index (χ1) is 9.27. The molecule has 1 N–H and O–H groups in total. The van der Waals surface area contributed by atoms with Gasteiger partial charge in [0.05, 0.1) is 0 Å². The molecule has 1 aliphatic carbocycles. The van der Waals surface area contributed by atoms with Crippen LogP contribution in [-0.4, -0.2) is 19.7 Å². The number of ether oxygens (including phenoxy) is 1. The van der Waals surface area contributed by atoms with Crippen LogP contribution in [0.3, 0.4) is 0 Å². The van der Waals surface area contributed by atoms with Crippen LogP contribution in [0.25, 0.3) is 0 Å². The third-order valence-electron chi connectivity index (χ3n) is 3.60. The van der Waals surface area contributed by atoms with Crippen molar-refractivity contribution in [1.29, 1.82) is 0 Å². The van der Waals surface area contributed by atoms with E-state index in [1.54, 1.807) is 0 Å². The normalized spacial score (nSPS) is 16.5. The van der Waals surface area contributed by atoms with Gasteiger partial charge in [-0.2, -0.15) is 0 Å². The molecule has 0 aromatic heterocycles. The molecule has 1 aromatic carbocycles. The monoisotopic (exact) mass is 269 g/mol. The summed E-state index contributed by atoms with van der Waals surface area (Å²) in [6.45, 7) is 1.87. The van der Waals surface area contributed by atoms with Gasteiger partial charge in [-0.1, -0.05) is 25.3 Å². The fourth-order valence-electron chi connectivity index (χ4n) is 2.54. The fraction of sp³-hybridized carbons (Fsp3) is 0.600. The Morgan fingerprint density at radius 3 is 2.47 bits per heavy atom. The Labute approximate surface area is 113 Å². The van der Waals surface area contributed by atoms with Gasteiger partial charge in [0.1, 0.15) is 6.61 Å². The van der Waals surface area contributed by atoms with Crippen LogP contribution in [0.2, 0.25) is 0 Å². The van der Waals surface area contributed by atoms with Crippen molar-refractivity contribution in [3.8, 4) is 5.75 Å². The molecule has 1 fully saturated rings. The van der Waals surface area contributed by atoms with E-state index in [2.05, 4.69) is 5.32 Å². The number of rotatable bonds is 6. The maximum Gasteiger partial charge on any atom is 0.190 e. The van der Waals surface area contributed by atoms with Crippen LogP contribution in [0.1, 0.15) is 32.1 Å². The van der Waals surface area contributed by atoms with Crippen molar-refractivity contribution in [1.82, 2.24) is 5.32 Å². The van der Waals surface area contributed by atoms with Crippen LogP contribution in [0.4, 0.5) is 8.78 Å². The lowest BCUT2D eigenvalue weighted by molar-refractivity contribution is 0.272. The predicted molar refractivity (Wildman–Crippen MR) is 71.3 cm³/mol. The second-order valence-electron chi connectivity index (χ2n) is 5.11. The zero-order valence-electron chi connectivity index (χ0n) is 11.1. The minimum absolute atomic E-state index is 0.276. The van der Waals surface area contributed by atoms with Crippen molar-refractivity contribution in [2.75, 3.05) is 19.7 Å². The van der Waals surface area contributed by atoms with E-state index in [4.69, 9.17) is 4.74 Å². The lowest BCUT2D eigenvalue weighted by atomic mass is 9.89. The highest BCUT2D eigenvalue weighted by Crippen LogP contribution is 2.23.